The minimum Gasteiger partial charge on any atom is -0.454 e. The second-order valence-electron chi connectivity index (χ2n) is 9.96. The van der Waals surface area contributed by atoms with Gasteiger partial charge in [0.25, 0.3) is 5.91 Å². The van der Waals surface area contributed by atoms with Crippen LogP contribution in [0.2, 0.25) is 0 Å². The summed E-state index contributed by atoms with van der Waals surface area (Å²) in [6.07, 6.45) is 3.55. The molecule has 0 unspecified atom stereocenters. The van der Waals surface area contributed by atoms with Gasteiger partial charge in [-0.1, -0.05) is 48.0 Å². The maximum Gasteiger partial charge on any atom is 0.254 e. The summed E-state index contributed by atoms with van der Waals surface area (Å²) in [6.45, 7) is 2.94. The van der Waals surface area contributed by atoms with E-state index in [1.54, 1.807) is 18.2 Å². The fraction of sp³-hybridized carbons (Fsp3) is 0.258. The van der Waals surface area contributed by atoms with E-state index >= 15 is 0 Å². The lowest BCUT2D eigenvalue weighted by molar-refractivity contribution is -0.117. The van der Waals surface area contributed by atoms with Crippen LogP contribution in [0.5, 0.6) is 11.5 Å². The van der Waals surface area contributed by atoms with Crippen LogP contribution in [0.1, 0.15) is 28.8 Å². The molecule has 204 valence electrons. The highest BCUT2D eigenvalue weighted by Gasteiger charge is 2.27. The van der Waals surface area contributed by atoms with Gasteiger partial charge in [0.2, 0.25) is 18.6 Å². The van der Waals surface area contributed by atoms with Crippen LogP contribution in [0.25, 0.3) is 16.9 Å². The summed E-state index contributed by atoms with van der Waals surface area (Å²) in [5.41, 5.74) is 4.07. The van der Waals surface area contributed by atoms with E-state index in [0.717, 1.165) is 35.3 Å². The third kappa shape index (κ3) is 5.55. The second kappa shape index (κ2) is 11.2. The zero-order valence-electron chi connectivity index (χ0n) is 22.2. The number of rotatable bonds is 8. The quantitative estimate of drug-likeness (QED) is 0.345. The Kier molecular flexibility index (Phi) is 7.20. The minimum atomic E-state index is -0.356. The molecular formula is C31H30N4O5. The first-order valence-corrected chi connectivity index (χ1v) is 13.4. The van der Waals surface area contributed by atoms with Gasteiger partial charge in [-0.3, -0.25) is 19.5 Å². The van der Waals surface area contributed by atoms with Crippen LogP contribution in [0, 0.1) is 6.92 Å². The van der Waals surface area contributed by atoms with E-state index in [-0.39, 0.29) is 31.3 Å². The SMILES string of the molecule is Cc1ccc(-n2cc(-c3ccccc3)nc2NC(=O)CN(C[C@H]2CCCO2)C(=O)c2ccc3c(c2)OCO3)cc1. The van der Waals surface area contributed by atoms with Crippen LogP contribution in [-0.4, -0.2) is 58.9 Å². The highest BCUT2D eigenvalue weighted by molar-refractivity contribution is 5.99. The van der Waals surface area contributed by atoms with Gasteiger partial charge in [0, 0.05) is 36.2 Å². The molecule has 0 bridgehead atoms. The number of fused-ring (bicyclic) bond motifs is 1. The number of amides is 2. The van der Waals surface area contributed by atoms with Crippen molar-refractivity contribution in [3.63, 3.8) is 0 Å². The summed E-state index contributed by atoms with van der Waals surface area (Å²) >= 11 is 0. The van der Waals surface area contributed by atoms with Crippen LogP contribution < -0.4 is 14.8 Å². The number of aromatic nitrogens is 2. The smallest absolute Gasteiger partial charge is 0.254 e. The average molecular weight is 539 g/mol. The second-order valence-corrected chi connectivity index (χ2v) is 9.96. The molecule has 0 aliphatic carbocycles. The molecule has 1 fully saturated rings. The summed E-state index contributed by atoms with van der Waals surface area (Å²) in [4.78, 5) is 33.3. The minimum absolute atomic E-state index is 0.119. The highest BCUT2D eigenvalue weighted by atomic mass is 16.7. The molecule has 1 N–H and O–H groups in total. The zero-order valence-corrected chi connectivity index (χ0v) is 22.2. The third-order valence-corrected chi connectivity index (χ3v) is 7.03. The highest BCUT2D eigenvalue weighted by Crippen LogP contribution is 2.33. The molecule has 40 heavy (non-hydrogen) atoms. The van der Waals surface area contributed by atoms with Crippen molar-refractivity contribution in [2.45, 2.75) is 25.9 Å². The number of nitrogens with zero attached hydrogens (tertiary/aromatic N) is 3. The predicted molar refractivity (Wildman–Crippen MR) is 150 cm³/mol. The van der Waals surface area contributed by atoms with Crippen LogP contribution in [0.3, 0.4) is 0 Å². The molecule has 2 amide bonds. The summed E-state index contributed by atoms with van der Waals surface area (Å²) in [5, 5.41) is 2.95. The van der Waals surface area contributed by atoms with Crippen molar-refractivity contribution in [3.05, 3.63) is 90.1 Å². The first-order chi connectivity index (χ1) is 19.5. The van der Waals surface area contributed by atoms with Crippen molar-refractivity contribution in [2.24, 2.45) is 0 Å². The van der Waals surface area contributed by atoms with Crippen molar-refractivity contribution in [1.82, 2.24) is 14.5 Å². The number of carbonyl (C=O) groups excluding carboxylic acids is 2. The molecule has 0 saturated carbocycles. The summed E-state index contributed by atoms with van der Waals surface area (Å²) in [6, 6.07) is 22.8. The molecule has 1 aromatic heterocycles. The number of ether oxygens (including phenoxy) is 3. The predicted octanol–water partition coefficient (Wildman–Crippen LogP) is 4.84. The number of carbonyl (C=O) groups is 2. The van der Waals surface area contributed by atoms with Crippen LogP contribution in [0.15, 0.2) is 79.0 Å². The molecule has 4 aromatic rings. The number of anilines is 1. The van der Waals surface area contributed by atoms with Crippen molar-refractivity contribution in [2.75, 3.05) is 31.8 Å². The molecule has 3 heterocycles. The molecule has 3 aromatic carbocycles. The molecule has 1 atom stereocenters. The van der Waals surface area contributed by atoms with Gasteiger partial charge < -0.3 is 19.1 Å². The maximum atomic E-state index is 13.6. The number of imidazole rings is 1. The Morgan fingerprint density at radius 1 is 1.02 bits per heavy atom. The van der Waals surface area contributed by atoms with Crippen LogP contribution in [0.4, 0.5) is 5.95 Å². The fourth-order valence-electron chi connectivity index (χ4n) is 4.92. The number of benzene rings is 3. The van der Waals surface area contributed by atoms with Gasteiger partial charge >= 0.3 is 0 Å². The maximum absolute atomic E-state index is 13.6. The van der Waals surface area contributed by atoms with E-state index < -0.39 is 0 Å². The van der Waals surface area contributed by atoms with Crippen molar-refractivity contribution in [1.29, 1.82) is 0 Å². The fourth-order valence-corrected chi connectivity index (χ4v) is 4.92. The third-order valence-electron chi connectivity index (χ3n) is 7.03. The molecule has 6 rings (SSSR count). The lowest BCUT2D eigenvalue weighted by Gasteiger charge is -2.25. The Morgan fingerprint density at radius 2 is 1.82 bits per heavy atom. The number of nitrogens with one attached hydrogen (secondary N) is 1. The topological polar surface area (TPSA) is 94.9 Å². The number of hydrogen-bond donors (Lipinski definition) is 1. The Labute approximate surface area is 232 Å². The Bertz CT molecular complexity index is 1510. The summed E-state index contributed by atoms with van der Waals surface area (Å²) in [5.74, 6) is 0.847. The van der Waals surface area contributed by atoms with Gasteiger partial charge in [-0.25, -0.2) is 4.98 Å². The Balaban J connectivity index is 1.26. The number of aryl methyl sites for hydroxylation is 1. The number of hydrogen-bond acceptors (Lipinski definition) is 6. The molecular weight excluding hydrogens is 508 g/mol. The van der Waals surface area contributed by atoms with Gasteiger partial charge in [0.05, 0.1) is 11.8 Å². The van der Waals surface area contributed by atoms with E-state index in [1.165, 1.54) is 4.90 Å². The van der Waals surface area contributed by atoms with Crippen molar-refractivity contribution >= 4 is 17.8 Å². The Morgan fingerprint density at radius 3 is 2.60 bits per heavy atom. The van der Waals surface area contributed by atoms with Crippen molar-refractivity contribution in [3.8, 4) is 28.4 Å². The molecule has 9 heteroatoms. The van der Waals surface area contributed by atoms with Gasteiger partial charge in [0.15, 0.2) is 11.5 Å². The first kappa shape index (κ1) is 25.6. The largest absolute Gasteiger partial charge is 0.454 e. The standard InChI is InChI=1S/C31H30N4O5/c1-21-9-12-24(13-10-21)35-18-26(22-6-3-2-4-7-22)32-31(35)33-29(36)19-34(17-25-8-5-15-38-25)30(37)23-11-14-27-28(16-23)40-20-39-27/h2-4,6-7,9-14,16,18,25H,5,8,15,17,19-20H2,1H3,(H,32,33,36)/t25-/m1/s1. The van der Waals surface area contributed by atoms with E-state index in [4.69, 9.17) is 19.2 Å². The average Bonchev–Trinajstić information content (AvgIpc) is 3.74. The van der Waals surface area contributed by atoms with E-state index in [2.05, 4.69) is 5.32 Å². The van der Waals surface area contributed by atoms with Gasteiger partial charge in [-0.15, -0.1) is 0 Å². The summed E-state index contributed by atoms with van der Waals surface area (Å²) in [7, 11) is 0. The van der Waals surface area contributed by atoms with Gasteiger partial charge in [-0.05, 0) is 50.1 Å². The monoisotopic (exact) mass is 538 g/mol. The zero-order chi connectivity index (χ0) is 27.5. The first-order valence-electron chi connectivity index (χ1n) is 13.4. The van der Waals surface area contributed by atoms with E-state index in [0.29, 0.717) is 36.2 Å². The van der Waals surface area contributed by atoms with Crippen molar-refractivity contribution < 1.29 is 23.8 Å². The lowest BCUT2D eigenvalue weighted by atomic mass is 10.1. The molecule has 0 radical (unpaired) electrons. The molecule has 2 aliphatic rings. The summed E-state index contributed by atoms with van der Waals surface area (Å²) < 4.78 is 18.5. The molecule has 9 nitrogen and oxygen atoms in total. The normalized spacial score (nSPS) is 15.7. The van der Waals surface area contributed by atoms with Gasteiger partial charge in [-0.2, -0.15) is 0 Å². The van der Waals surface area contributed by atoms with E-state index in [1.807, 2.05) is 72.3 Å². The van der Waals surface area contributed by atoms with E-state index in [9.17, 15) is 9.59 Å². The van der Waals surface area contributed by atoms with Crippen LogP contribution in [-0.2, 0) is 9.53 Å². The molecule has 2 aliphatic heterocycles. The Hall–Kier alpha value is -4.63. The lowest BCUT2D eigenvalue weighted by Crippen LogP contribution is -2.42. The van der Waals surface area contributed by atoms with Crippen LogP contribution >= 0.6 is 0 Å². The molecule has 0 spiro atoms. The van der Waals surface area contributed by atoms with Gasteiger partial charge in [0.1, 0.15) is 6.54 Å². The molecule has 1 saturated heterocycles.